The smallest absolute Gasteiger partial charge is 0.243 e. The topological polar surface area (TPSA) is 75.7 Å². The molecule has 1 aliphatic carbocycles. The maximum atomic E-state index is 13.4. The van der Waals surface area contributed by atoms with Gasteiger partial charge in [-0.3, -0.25) is 4.79 Å². The quantitative estimate of drug-likeness (QED) is 0.869. The van der Waals surface area contributed by atoms with Crippen LogP contribution in [0.25, 0.3) is 0 Å². The van der Waals surface area contributed by atoms with Gasteiger partial charge in [-0.25, -0.2) is 12.8 Å². The number of hydrogen-bond acceptors (Lipinski definition) is 4. The van der Waals surface area contributed by atoms with Crippen LogP contribution >= 0.6 is 0 Å². The largest absolute Gasteiger partial charge is 0.371 e. The molecule has 3 atom stereocenters. The van der Waals surface area contributed by atoms with Gasteiger partial charge in [0.15, 0.2) is 0 Å². The average Bonchev–Trinajstić information content (AvgIpc) is 2.84. The molecule has 2 bridgehead atoms. The summed E-state index contributed by atoms with van der Waals surface area (Å²) in [5.41, 5.74) is 0. The first-order valence-electron chi connectivity index (χ1n) is 8.65. The Hall–Kier alpha value is -1.51. The number of carbonyl (C=O) groups excluding carboxylic acids is 1. The van der Waals surface area contributed by atoms with Crippen molar-refractivity contribution >= 4 is 15.9 Å². The lowest BCUT2D eigenvalue weighted by Crippen LogP contribution is -2.49. The highest BCUT2D eigenvalue weighted by molar-refractivity contribution is 7.89. The van der Waals surface area contributed by atoms with E-state index in [-0.39, 0.29) is 42.0 Å². The highest BCUT2D eigenvalue weighted by Crippen LogP contribution is 2.35. The van der Waals surface area contributed by atoms with Crippen molar-refractivity contribution in [3.63, 3.8) is 0 Å². The molecule has 4 rings (SSSR count). The molecular formula is C17H21FN2O4S. The first-order chi connectivity index (χ1) is 11.9. The van der Waals surface area contributed by atoms with E-state index in [1.807, 2.05) is 0 Å². The Kier molecular flexibility index (Phi) is 4.29. The number of carbonyl (C=O) groups is 1. The zero-order chi connectivity index (χ0) is 17.6. The molecule has 3 fully saturated rings. The number of amides is 1. The summed E-state index contributed by atoms with van der Waals surface area (Å²) in [7, 11) is -3.79. The van der Waals surface area contributed by atoms with Crippen LogP contribution in [0.2, 0.25) is 0 Å². The highest BCUT2D eigenvalue weighted by Gasteiger charge is 2.48. The lowest BCUT2D eigenvalue weighted by Gasteiger charge is -2.32. The maximum Gasteiger partial charge on any atom is 0.243 e. The molecule has 1 aromatic carbocycles. The molecule has 2 heterocycles. The van der Waals surface area contributed by atoms with Crippen LogP contribution in [0.15, 0.2) is 29.2 Å². The molecule has 25 heavy (non-hydrogen) atoms. The minimum Gasteiger partial charge on any atom is -0.371 e. The van der Waals surface area contributed by atoms with Crippen LogP contribution in [-0.4, -0.2) is 50.0 Å². The lowest BCUT2D eigenvalue weighted by atomic mass is 9.91. The second-order valence-electron chi connectivity index (χ2n) is 7.05. The van der Waals surface area contributed by atoms with Gasteiger partial charge in [0, 0.05) is 19.1 Å². The third-order valence-electron chi connectivity index (χ3n) is 5.35. The molecule has 0 aromatic heterocycles. The second kappa shape index (κ2) is 6.34. The van der Waals surface area contributed by atoms with Crippen molar-refractivity contribution in [2.45, 2.75) is 48.8 Å². The molecule has 8 heteroatoms. The Morgan fingerprint density at radius 3 is 2.76 bits per heavy atom. The Bertz CT molecular complexity index is 781. The molecule has 136 valence electrons. The first-order valence-corrected chi connectivity index (χ1v) is 10.1. The van der Waals surface area contributed by atoms with Crippen LogP contribution in [0, 0.1) is 11.7 Å². The molecule has 0 radical (unpaired) electrons. The first kappa shape index (κ1) is 16.9. The van der Waals surface area contributed by atoms with Crippen LogP contribution in [0.3, 0.4) is 0 Å². The van der Waals surface area contributed by atoms with E-state index in [9.17, 15) is 17.6 Å². The Morgan fingerprint density at radius 1 is 1.28 bits per heavy atom. The van der Waals surface area contributed by atoms with Gasteiger partial charge in [-0.2, -0.15) is 4.31 Å². The van der Waals surface area contributed by atoms with E-state index in [1.54, 1.807) is 0 Å². The molecular weight excluding hydrogens is 347 g/mol. The fourth-order valence-electron chi connectivity index (χ4n) is 3.73. The SMILES string of the molecule is O=C(NC1CCC1)[C@@H]1C[C@H]2CN(S(=O)(=O)c3cccc(F)c3)C[C@H]1O2. The predicted octanol–water partition coefficient (Wildman–Crippen LogP) is 1.27. The molecule has 3 aliphatic rings. The zero-order valence-electron chi connectivity index (χ0n) is 13.7. The molecule has 0 spiro atoms. The number of fused-ring (bicyclic) bond motifs is 2. The van der Waals surface area contributed by atoms with Crippen molar-refractivity contribution in [3.05, 3.63) is 30.1 Å². The minimum absolute atomic E-state index is 0.0396. The summed E-state index contributed by atoms with van der Waals surface area (Å²) < 4.78 is 46.1. The Morgan fingerprint density at radius 2 is 2.08 bits per heavy atom. The summed E-state index contributed by atoms with van der Waals surface area (Å²) in [4.78, 5) is 12.4. The summed E-state index contributed by atoms with van der Waals surface area (Å²) in [6.45, 7) is 0.320. The third kappa shape index (κ3) is 3.18. The van der Waals surface area contributed by atoms with Gasteiger partial charge in [0.25, 0.3) is 0 Å². The lowest BCUT2D eigenvalue weighted by molar-refractivity contribution is -0.128. The summed E-state index contributed by atoms with van der Waals surface area (Å²) in [6.07, 6.45) is 2.94. The normalized spacial score (nSPS) is 30.0. The molecule has 1 N–H and O–H groups in total. The van der Waals surface area contributed by atoms with Crippen molar-refractivity contribution in [1.29, 1.82) is 0 Å². The molecule has 1 aromatic rings. The highest BCUT2D eigenvalue weighted by atomic mass is 32.2. The number of sulfonamides is 1. The second-order valence-corrected chi connectivity index (χ2v) is 8.99. The number of benzene rings is 1. The van der Waals surface area contributed by atoms with Gasteiger partial charge >= 0.3 is 0 Å². The number of rotatable bonds is 4. The summed E-state index contributed by atoms with van der Waals surface area (Å²) >= 11 is 0. The number of halogens is 1. The summed E-state index contributed by atoms with van der Waals surface area (Å²) in [6, 6.07) is 5.25. The van der Waals surface area contributed by atoms with E-state index in [1.165, 1.54) is 22.5 Å². The van der Waals surface area contributed by atoms with Gasteiger partial charge in [-0.05, 0) is 43.9 Å². The summed E-state index contributed by atoms with van der Waals surface area (Å²) in [5, 5.41) is 3.03. The van der Waals surface area contributed by atoms with Crippen molar-refractivity contribution in [2.75, 3.05) is 13.1 Å². The standard InChI is InChI=1S/C17H21FN2O4S/c18-11-3-1-6-14(7-11)25(22,23)20-9-13-8-15(16(10-20)24-13)17(21)19-12-4-2-5-12/h1,3,6-7,12-13,15-16H,2,4-5,8-10H2,(H,19,21)/t13-,15+,16+/m0/s1. The van der Waals surface area contributed by atoms with Crippen LogP contribution in [-0.2, 0) is 19.6 Å². The number of ether oxygens (including phenoxy) is 1. The zero-order valence-corrected chi connectivity index (χ0v) is 14.5. The van der Waals surface area contributed by atoms with Crippen LogP contribution < -0.4 is 5.32 Å². The molecule has 2 aliphatic heterocycles. The molecule has 2 saturated heterocycles. The van der Waals surface area contributed by atoms with E-state index in [2.05, 4.69) is 5.32 Å². The Labute approximate surface area is 146 Å². The van der Waals surface area contributed by atoms with E-state index in [0.717, 1.165) is 25.3 Å². The van der Waals surface area contributed by atoms with E-state index in [4.69, 9.17) is 4.74 Å². The van der Waals surface area contributed by atoms with Gasteiger partial charge in [-0.1, -0.05) is 6.07 Å². The van der Waals surface area contributed by atoms with Gasteiger partial charge < -0.3 is 10.1 Å². The molecule has 6 nitrogen and oxygen atoms in total. The number of nitrogens with one attached hydrogen (secondary N) is 1. The van der Waals surface area contributed by atoms with Crippen LogP contribution in [0.1, 0.15) is 25.7 Å². The number of morpholine rings is 1. The van der Waals surface area contributed by atoms with Crippen molar-refractivity contribution in [3.8, 4) is 0 Å². The minimum atomic E-state index is -3.79. The third-order valence-corrected chi connectivity index (χ3v) is 7.17. The predicted molar refractivity (Wildman–Crippen MR) is 87.7 cm³/mol. The van der Waals surface area contributed by atoms with Gasteiger partial charge in [0.1, 0.15) is 5.82 Å². The van der Waals surface area contributed by atoms with Crippen LogP contribution in [0.5, 0.6) is 0 Å². The van der Waals surface area contributed by atoms with Crippen molar-refractivity contribution in [1.82, 2.24) is 9.62 Å². The van der Waals surface area contributed by atoms with Gasteiger partial charge in [-0.15, -0.1) is 0 Å². The fourth-order valence-corrected chi connectivity index (χ4v) is 5.25. The average molecular weight is 368 g/mol. The van der Waals surface area contributed by atoms with E-state index < -0.39 is 21.9 Å². The monoisotopic (exact) mass is 368 g/mol. The number of hydrogen-bond donors (Lipinski definition) is 1. The Balaban J connectivity index is 1.49. The number of nitrogens with zero attached hydrogens (tertiary/aromatic N) is 1. The van der Waals surface area contributed by atoms with Gasteiger partial charge in [0.05, 0.1) is 23.0 Å². The van der Waals surface area contributed by atoms with Crippen molar-refractivity contribution in [2.24, 2.45) is 5.92 Å². The van der Waals surface area contributed by atoms with Gasteiger partial charge in [0.2, 0.25) is 15.9 Å². The molecule has 1 saturated carbocycles. The maximum absolute atomic E-state index is 13.4. The molecule has 0 unspecified atom stereocenters. The molecule has 1 amide bonds. The fraction of sp³-hybridized carbons (Fsp3) is 0.588. The van der Waals surface area contributed by atoms with Crippen molar-refractivity contribution < 1.29 is 22.3 Å². The van der Waals surface area contributed by atoms with Crippen LogP contribution in [0.4, 0.5) is 4.39 Å². The van der Waals surface area contributed by atoms with E-state index >= 15 is 0 Å². The summed E-state index contributed by atoms with van der Waals surface area (Å²) in [5.74, 6) is -0.949. The van der Waals surface area contributed by atoms with E-state index in [0.29, 0.717) is 6.42 Å².